The lowest BCUT2D eigenvalue weighted by Gasteiger charge is -2.42. The number of hydrogen-bond acceptors (Lipinski definition) is 5. The first-order valence-corrected chi connectivity index (χ1v) is 8.06. The predicted molar refractivity (Wildman–Crippen MR) is 91.7 cm³/mol. The van der Waals surface area contributed by atoms with Crippen LogP contribution in [-0.4, -0.2) is 19.3 Å². The number of rotatable bonds is 4. The molecule has 3 rings (SSSR count). The van der Waals surface area contributed by atoms with Gasteiger partial charge >= 0.3 is 0 Å². The molecule has 1 aliphatic heterocycles. The number of benzene rings is 2. The van der Waals surface area contributed by atoms with Gasteiger partial charge in [0.1, 0.15) is 23.8 Å². The molecular formula is C19H22NO5. The molecule has 1 radical (unpaired) electrons. The van der Waals surface area contributed by atoms with Crippen molar-refractivity contribution in [3.05, 3.63) is 54.1 Å². The number of fused-ring (bicyclic) bond motifs is 1. The molecule has 0 saturated heterocycles. The molecule has 0 aliphatic carbocycles. The molecule has 0 saturated carbocycles. The van der Waals surface area contributed by atoms with Gasteiger partial charge in [0.05, 0.1) is 12.7 Å². The number of para-hydroxylation sites is 2. The Morgan fingerprint density at radius 1 is 1.08 bits per heavy atom. The summed E-state index contributed by atoms with van der Waals surface area (Å²) >= 11 is 0. The van der Waals surface area contributed by atoms with Crippen LogP contribution in [0.3, 0.4) is 0 Å². The van der Waals surface area contributed by atoms with Gasteiger partial charge in [-0.3, -0.25) is 0 Å². The van der Waals surface area contributed by atoms with Crippen molar-refractivity contribution in [1.29, 1.82) is 0 Å². The maximum atomic E-state index is 13.2. The largest absolute Gasteiger partial charge is 0.497 e. The van der Waals surface area contributed by atoms with Crippen LogP contribution in [-0.2, 0) is 20.7 Å². The van der Waals surface area contributed by atoms with Crippen molar-refractivity contribution in [2.45, 2.75) is 32.1 Å². The van der Waals surface area contributed by atoms with Gasteiger partial charge in [0.15, 0.2) is 0 Å². The zero-order valence-electron chi connectivity index (χ0n) is 14.8. The molecule has 6 nitrogen and oxygen atoms in total. The van der Waals surface area contributed by atoms with Crippen LogP contribution in [0.1, 0.15) is 26.3 Å². The van der Waals surface area contributed by atoms with Crippen molar-refractivity contribution in [3.63, 3.8) is 0 Å². The second-order valence-electron chi connectivity index (χ2n) is 6.84. The lowest BCUT2D eigenvalue weighted by atomic mass is 10.0. The Labute approximate surface area is 147 Å². The zero-order chi connectivity index (χ0) is 18.1. The summed E-state index contributed by atoms with van der Waals surface area (Å²) in [6.07, 6.45) is 0. The number of hydrogen-bond donors (Lipinski definition) is 0. The van der Waals surface area contributed by atoms with Crippen LogP contribution in [0.2, 0.25) is 0 Å². The highest BCUT2D eigenvalue weighted by Crippen LogP contribution is 2.43. The number of hydroxylamine groups is 1. The van der Waals surface area contributed by atoms with E-state index >= 15 is 0 Å². The summed E-state index contributed by atoms with van der Waals surface area (Å²) in [4.78, 5) is 11.2. The van der Waals surface area contributed by atoms with Crippen LogP contribution in [0.25, 0.3) is 0 Å². The third kappa shape index (κ3) is 3.42. The summed E-state index contributed by atoms with van der Waals surface area (Å²) in [5.41, 5.74) is -1.03. The summed E-state index contributed by atoms with van der Waals surface area (Å²) in [6.45, 7) is 5.54. The van der Waals surface area contributed by atoms with E-state index in [0.717, 1.165) is 5.06 Å². The van der Waals surface area contributed by atoms with Crippen LogP contribution in [0.4, 0.5) is 5.69 Å². The van der Waals surface area contributed by atoms with Crippen molar-refractivity contribution >= 4 is 5.69 Å². The summed E-state index contributed by atoms with van der Waals surface area (Å²) in [6, 6.07) is 14.1. The van der Waals surface area contributed by atoms with E-state index in [2.05, 4.69) is 0 Å². The van der Waals surface area contributed by atoms with Gasteiger partial charge in [0.2, 0.25) is 0 Å². The van der Waals surface area contributed by atoms with Crippen LogP contribution in [0, 0.1) is 0 Å². The average molecular weight is 344 g/mol. The van der Waals surface area contributed by atoms with E-state index in [-0.39, 0.29) is 6.61 Å². The molecule has 0 N–H and O–H groups in total. The fourth-order valence-electron chi connectivity index (χ4n) is 2.53. The van der Waals surface area contributed by atoms with Gasteiger partial charge < -0.3 is 9.47 Å². The predicted octanol–water partition coefficient (Wildman–Crippen LogP) is 3.84. The van der Waals surface area contributed by atoms with E-state index in [1.165, 1.54) is 0 Å². The van der Waals surface area contributed by atoms with E-state index in [1.54, 1.807) is 49.6 Å². The maximum absolute atomic E-state index is 13.2. The highest BCUT2D eigenvalue weighted by Gasteiger charge is 2.48. The Kier molecular flexibility index (Phi) is 4.60. The molecule has 6 heteroatoms. The Hall–Kier alpha value is -2.28. The molecule has 0 amide bonds. The topological polar surface area (TPSA) is 60.1 Å². The molecule has 2 aromatic rings. The molecule has 1 aliphatic rings. The minimum Gasteiger partial charge on any atom is -0.497 e. The van der Waals surface area contributed by atoms with Crippen LogP contribution < -0.4 is 14.5 Å². The third-order valence-corrected chi connectivity index (χ3v) is 3.81. The van der Waals surface area contributed by atoms with Gasteiger partial charge in [-0.25, -0.2) is 4.89 Å². The summed E-state index contributed by atoms with van der Waals surface area (Å²) in [5.74, 6) is 1.20. The fraction of sp³-hybridized carbons (Fsp3) is 0.368. The molecule has 2 aromatic carbocycles. The maximum Gasteiger partial charge on any atom is 0.260 e. The van der Waals surface area contributed by atoms with Gasteiger partial charge in [-0.2, -0.15) is 9.95 Å². The summed E-state index contributed by atoms with van der Waals surface area (Å²) in [5, 5.41) is 14.0. The minimum absolute atomic E-state index is 0.00405. The molecule has 1 unspecified atom stereocenters. The van der Waals surface area contributed by atoms with Crippen LogP contribution in [0.5, 0.6) is 11.5 Å². The molecule has 1 heterocycles. The zero-order valence-corrected chi connectivity index (χ0v) is 14.8. The first kappa shape index (κ1) is 17.5. The van der Waals surface area contributed by atoms with Gasteiger partial charge in [0.25, 0.3) is 5.72 Å². The van der Waals surface area contributed by atoms with E-state index in [9.17, 15) is 5.21 Å². The van der Waals surface area contributed by atoms with E-state index in [1.807, 2.05) is 26.8 Å². The number of ether oxygens (including phenoxy) is 2. The summed E-state index contributed by atoms with van der Waals surface area (Å²) in [7, 11) is 1.59. The van der Waals surface area contributed by atoms with Crippen molar-refractivity contribution in [3.8, 4) is 11.5 Å². The summed E-state index contributed by atoms with van der Waals surface area (Å²) < 4.78 is 11.0. The van der Waals surface area contributed by atoms with Gasteiger partial charge in [-0.05, 0) is 45.0 Å². The van der Waals surface area contributed by atoms with Gasteiger partial charge in [-0.15, -0.1) is 0 Å². The van der Waals surface area contributed by atoms with E-state index in [4.69, 9.17) is 19.2 Å². The van der Waals surface area contributed by atoms with Gasteiger partial charge in [-0.1, -0.05) is 29.5 Å². The lowest BCUT2D eigenvalue weighted by molar-refractivity contribution is -0.424. The molecular weight excluding hydrogens is 322 g/mol. The molecule has 0 spiro atoms. The number of nitrogens with zero attached hydrogens (tertiary/aromatic N) is 1. The Morgan fingerprint density at radius 3 is 2.40 bits per heavy atom. The molecule has 1 atom stereocenters. The Bertz CT molecular complexity index is 725. The molecule has 0 aromatic heterocycles. The Morgan fingerprint density at radius 2 is 1.76 bits per heavy atom. The standard InChI is InChI=1S/C19H22NO5/c1-18(2,3)24-25-19(14-9-11-15(22-4)12-10-14)13-23-17-8-6-5-7-16(17)20(19)21/h5-12H,13H2,1-4H3. The lowest BCUT2D eigenvalue weighted by Crippen LogP contribution is -2.53. The second kappa shape index (κ2) is 6.55. The van der Waals surface area contributed by atoms with Crippen LogP contribution in [0.15, 0.2) is 48.5 Å². The SMILES string of the molecule is COc1ccc(C2(OOC(C)(C)C)COc3ccccc3N2[O])cc1. The molecule has 0 fully saturated rings. The minimum atomic E-state index is -1.45. The van der Waals surface area contributed by atoms with Crippen LogP contribution >= 0.6 is 0 Å². The first-order valence-electron chi connectivity index (χ1n) is 8.06. The highest BCUT2D eigenvalue weighted by atomic mass is 17.2. The molecule has 25 heavy (non-hydrogen) atoms. The average Bonchev–Trinajstić information content (AvgIpc) is 2.61. The van der Waals surface area contributed by atoms with Crippen molar-refractivity contribution in [1.82, 2.24) is 0 Å². The van der Waals surface area contributed by atoms with E-state index < -0.39 is 11.3 Å². The van der Waals surface area contributed by atoms with Crippen molar-refractivity contribution in [2.24, 2.45) is 0 Å². The van der Waals surface area contributed by atoms with Gasteiger partial charge in [0, 0.05) is 5.56 Å². The fourth-order valence-corrected chi connectivity index (χ4v) is 2.53. The van der Waals surface area contributed by atoms with E-state index in [0.29, 0.717) is 22.7 Å². The normalized spacial score (nSPS) is 20.0. The number of methoxy groups -OCH3 is 1. The number of anilines is 1. The smallest absolute Gasteiger partial charge is 0.260 e. The quantitative estimate of drug-likeness (QED) is 0.623. The molecule has 133 valence electrons. The first-order chi connectivity index (χ1) is 11.9. The van der Waals surface area contributed by atoms with Crippen molar-refractivity contribution in [2.75, 3.05) is 18.8 Å². The second-order valence-corrected chi connectivity index (χ2v) is 6.84. The van der Waals surface area contributed by atoms with Crippen molar-refractivity contribution < 1.29 is 24.5 Å². The molecule has 0 bridgehead atoms. The monoisotopic (exact) mass is 344 g/mol. The highest BCUT2D eigenvalue weighted by molar-refractivity contribution is 5.60. The third-order valence-electron chi connectivity index (χ3n) is 3.81. The Balaban J connectivity index is 2.03.